The first-order chi connectivity index (χ1) is 12.5. The molecule has 3 rings (SSSR count). The number of piperazine rings is 1. The van der Waals surface area contributed by atoms with E-state index in [1.807, 2.05) is 41.3 Å². The molecule has 2 aromatic rings. The molecule has 1 aliphatic heterocycles. The third-order valence-electron chi connectivity index (χ3n) is 4.72. The van der Waals surface area contributed by atoms with Gasteiger partial charge >= 0.3 is 0 Å². The lowest BCUT2D eigenvalue weighted by atomic mass is 10.1. The molecule has 26 heavy (non-hydrogen) atoms. The largest absolute Gasteiger partial charge is 0.368 e. The van der Waals surface area contributed by atoms with Crippen LogP contribution >= 0.6 is 11.8 Å². The van der Waals surface area contributed by atoms with E-state index in [9.17, 15) is 9.59 Å². The molecule has 1 aliphatic rings. The average molecular weight is 369 g/mol. The number of anilines is 1. The van der Waals surface area contributed by atoms with Gasteiger partial charge in [-0.1, -0.05) is 18.2 Å². The molecule has 1 fully saturated rings. The van der Waals surface area contributed by atoms with E-state index in [1.165, 1.54) is 10.5 Å². The summed E-state index contributed by atoms with van der Waals surface area (Å²) in [7, 11) is 0. The average Bonchev–Trinajstić information content (AvgIpc) is 2.67. The Labute approximate surface area is 159 Å². The van der Waals surface area contributed by atoms with Gasteiger partial charge in [0, 0.05) is 42.3 Å². The van der Waals surface area contributed by atoms with Crippen molar-refractivity contribution in [3.63, 3.8) is 0 Å². The molecule has 0 aromatic heterocycles. The van der Waals surface area contributed by atoms with Gasteiger partial charge in [0.15, 0.2) is 5.78 Å². The topological polar surface area (TPSA) is 40.6 Å². The van der Waals surface area contributed by atoms with Gasteiger partial charge in [0.2, 0.25) is 5.91 Å². The van der Waals surface area contributed by atoms with E-state index in [2.05, 4.69) is 24.0 Å². The summed E-state index contributed by atoms with van der Waals surface area (Å²) >= 11 is 1.61. The van der Waals surface area contributed by atoms with Crippen molar-refractivity contribution in [3.05, 3.63) is 59.7 Å². The fraction of sp³-hybridized carbons (Fsp3) is 0.333. The second-order valence-electron chi connectivity index (χ2n) is 6.53. The zero-order valence-electron chi connectivity index (χ0n) is 15.3. The number of Topliss-reactive ketones (excluding diaryl/α,β-unsaturated/α-hetero) is 1. The minimum absolute atomic E-state index is 0.0816. The number of aryl methyl sites for hydroxylation is 1. The second-order valence-corrected chi connectivity index (χ2v) is 7.54. The monoisotopic (exact) mass is 368 g/mol. The highest BCUT2D eigenvalue weighted by Gasteiger charge is 2.21. The third kappa shape index (κ3) is 4.47. The molecule has 4 nitrogen and oxygen atoms in total. The molecule has 0 aliphatic carbocycles. The number of hydrogen-bond acceptors (Lipinski definition) is 4. The minimum Gasteiger partial charge on any atom is -0.368 e. The summed E-state index contributed by atoms with van der Waals surface area (Å²) in [5, 5.41) is 0. The van der Waals surface area contributed by atoms with Gasteiger partial charge in [-0.2, -0.15) is 0 Å². The molecule has 0 spiro atoms. The van der Waals surface area contributed by atoms with Crippen LogP contribution in [-0.4, -0.2) is 48.5 Å². The predicted octanol–water partition coefficient (Wildman–Crippen LogP) is 3.64. The van der Waals surface area contributed by atoms with Crippen molar-refractivity contribution in [2.24, 2.45) is 0 Å². The molecule has 0 atom stereocenters. The first kappa shape index (κ1) is 18.5. The molecule has 1 amide bonds. The summed E-state index contributed by atoms with van der Waals surface area (Å²) in [6.07, 6.45) is 0. The van der Waals surface area contributed by atoms with Gasteiger partial charge in [0.1, 0.15) is 0 Å². The lowest BCUT2D eigenvalue weighted by Gasteiger charge is -2.36. The molecule has 2 aromatic carbocycles. The number of thioether (sulfide) groups is 1. The molecule has 0 N–H and O–H groups in total. The first-order valence-electron chi connectivity index (χ1n) is 8.87. The summed E-state index contributed by atoms with van der Waals surface area (Å²) in [4.78, 5) is 29.3. The maximum atomic E-state index is 12.5. The highest BCUT2D eigenvalue weighted by atomic mass is 32.2. The van der Waals surface area contributed by atoms with Crippen LogP contribution in [-0.2, 0) is 4.79 Å². The molecule has 1 saturated heterocycles. The predicted molar refractivity (Wildman–Crippen MR) is 107 cm³/mol. The van der Waals surface area contributed by atoms with Gasteiger partial charge in [0.05, 0.1) is 5.75 Å². The standard InChI is InChI=1S/C21H24N2O2S/c1-16-5-3-4-6-20(16)26-15-21(25)23-13-11-22(12-14-23)19-9-7-18(8-10-19)17(2)24/h3-10H,11-15H2,1-2H3. The van der Waals surface area contributed by atoms with Crippen LogP contribution in [0.3, 0.4) is 0 Å². The first-order valence-corrected chi connectivity index (χ1v) is 9.85. The number of benzene rings is 2. The van der Waals surface area contributed by atoms with Crippen LogP contribution in [0, 0.1) is 6.92 Å². The van der Waals surface area contributed by atoms with E-state index in [0.717, 1.165) is 37.4 Å². The van der Waals surface area contributed by atoms with Crippen LogP contribution in [0.4, 0.5) is 5.69 Å². The summed E-state index contributed by atoms with van der Waals surface area (Å²) in [6, 6.07) is 15.9. The van der Waals surface area contributed by atoms with Gasteiger partial charge in [-0.3, -0.25) is 9.59 Å². The highest BCUT2D eigenvalue weighted by Crippen LogP contribution is 2.23. The number of ketones is 1. The Morgan fingerprint density at radius 3 is 2.23 bits per heavy atom. The van der Waals surface area contributed by atoms with Crippen molar-refractivity contribution >= 4 is 29.1 Å². The molecular formula is C21H24N2O2S. The van der Waals surface area contributed by atoms with Gasteiger partial charge in [-0.05, 0) is 49.7 Å². The van der Waals surface area contributed by atoms with Crippen LogP contribution in [0.2, 0.25) is 0 Å². The maximum Gasteiger partial charge on any atom is 0.233 e. The smallest absolute Gasteiger partial charge is 0.233 e. The Balaban J connectivity index is 1.50. The highest BCUT2D eigenvalue weighted by molar-refractivity contribution is 8.00. The van der Waals surface area contributed by atoms with Crippen molar-refractivity contribution < 1.29 is 9.59 Å². The van der Waals surface area contributed by atoms with E-state index < -0.39 is 0 Å². The van der Waals surface area contributed by atoms with Gasteiger partial charge in [0.25, 0.3) is 0 Å². The lowest BCUT2D eigenvalue weighted by molar-refractivity contribution is -0.128. The number of amides is 1. The number of rotatable bonds is 5. The fourth-order valence-corrected chi connectivity index (χ4v) is 4.00. The van der Waals surface area contributed by atoms with E-state index in [1.54, 1.807) is 18.7 Å². The van der Waals surface area contributed by atoms with Crippen molar-refractivity contribution in [2.75, 3.05) is 36.8 Å². The van der Waals surface area contributed by atoms with Crippen LogP contribution in [0.1, 0.15) is 22.8 Å². The Kier molecular flexibility index (Phi) is 5.99. The lowest BCUT2D eigenvalue weighted by Crippen LogP contribution is -2.49. The molecule has 136 valence electrons. The van der Waals surface area contributed by atoms with E-state index in [-0.39, 0.29) is 11.7 Å². The quantitative estimate of drug-likeness (QED) is 0.597. The van der Waals surface area contributed by atoms with Crippen LogP contribution in [0.5, 0.6) is 0 Å². The van der Waals surface area contributed by atoms with E-state index in [4.69, 9.17) is 0 Å². The fourth-order valence-electron chi connectivity index (χ4n) is 3.07. The Morgan fingerprint density at radius 2 is 1.62 bits per heavy atom. The molecule has 5 heteroatoms. The molecular weight excluding hydrogens is 344 g/mol. The van der Waals surface area contributed by atoms with Gasteiger partial charge < -0.3 is 9.80 Å². The molecule has 0 unspecified atom stereocenters. The van der Waals surface area contributed by atoms with Gasteiger partial charge in [-0.25, -0.2) is 0 Å². The molecule has 1 heterocycles. The number of nitrogens with zero attached hydrogens (tertiary/aromatic N) is 2. The van der Waals surface area contributed by atoms with Crippen molar-refractivity contribution in [1.29, 1.82) is 0 Å². The number of carbonyl (C=O) groups is 2. The third-order valence-corrected chi connectivity index (χ3v) is 5.88. The molecule has 0 radical (unpaired) electrons. The molecule has 0 saturated carbocycles. The van der Waals surface area contributed by atoms with E-state index in [0.29, 0.717) is 5.75 Å². The minimum atomic E-state index is 0.0816. The Morgan fingerprint density at radius 1 is 0.962 bits per heavy atom. The SMILES string of the molecule is CC(=O)c1ccc(N2CCN(C(=O)CSc3ccccc3C)CC2)cc1. The van der Waals surface area contributed by atoms with Crippen LogP contribution in [0.15, 0.2) is 53.4 Å². The number of hydrogen-bond donors (Lipinski definition) is 0. The Hall–Kier alpha value is -2.27. The second kappa shape index (κ2) is 8.41. The summed E-state index contributed by atoms with van der Waals surface area (Å²) in [5.41, 5.74) is 3.05. The zero-order chi connectivity index (χ0) is 18.5. The van der Waals surface area contributed by atoms with Crippen molar-refractivity contribution in [1.82, 2.24) is 4.90 Å². The van der Waals surface area contributed by atoms with Crippen molar-refractivity contribution in [2.45, 2.75) is 18.7 Å². The van der Waals surface area contributed by atoms with Crippen LogP contribution in [0.25, 0.3) is 0 Å². The molecule has 0 bridgehead atoms. The summed E-state index contributed by atoms with van der Waals surface area (Å²) in [5.74, 6) is 0.765. The maximum absolute atomic E-state index is 12.5. The van der Waals surface area contributed by atoms with Crippen LogP contribution < -0.4 is 4.90 Å². The van der Waals surface area contributed by atoms with Crippen molar-refractivity contribution in [3.8, 4) is 0 Å². The normalized spacial score (nSPS) is 14.4. The zero-order valence-corrected chi connectivity index (χ0v) is 16.1. The summed E-state index contributed by atoms with van der Waals surface area (Å²) < 4.78 is 0. The van der Waals surface area contributed by atoms with E-state index >= 15 is 0 Å². The number of carbonyl (C=O) groups excluding carboxylic acids is 2. The van der Waals surface area contributed by atoms with Gasteiger partial charge in [-0.15, -0.1) is 11.8 Å². The Bertz CT molecular complexity index is 781. The summed E-state index contributed by atoms with van der Waals surface area (Å²) in [6.45, 7) is 6.76.